The lowest BCUT2D eigenvalue weighted by molar-refractivity contribution is -0.0306. The van der Waals surface area contributed by atoms with Gasteiger partial charge in [0.05, 0.1) is 97.7 Å². The number of nitrogens with one attached hydrogen (secondary N) is 3. The number of morpholine rings is 1. The second-order valence-corrected chi connectivity index (χ2v) is 39.0. The lowest BCUT2D eigenvalue weighted by Crippen LogP contribution is -2.46. The number of aliphatic hydroxyl groups is 1. The summed E-state index contributed by atoms with van der Waals surface area (Å²) < 4.78 is 110. The number of imidazole rings is 4. The van der Waals surface area contributed by atoms with Gasteiger partial charge in [0.1, 0.15) is 114 Å². The third-order valence-electron chi connectivity index (χ3n) is 25.7. The number of halogens is 8. The highest BCUT2D eigenvalue weighted by atomic mass is 35.5. The van der Waals surface area contributed by atoms with Gasteiger partial charge in [-0.1, -0.05) is 86.9 Å². The number of carbonyl (C=O) groups excluding carboxylic acids is 4. The van der Waals surface area contributed by atoms with E-state index in [9.17, 15) is 24.3 Å². The lowest BCUT2D eigenvalue weighted by atomic mass is 9.91. The molecule has 12 N–H and O–H groups in total. The highest BCUT2D eigenvalue weighted by Gasteiger charge is 2.42. The lowest BCUT2D eigenvalue weighted by Gasteiger charge is -2.33. The molecule has 4 saturated heterocycles. The second kappa shape index (κ2) is 44.7. The molecule has 0 radical (unpaired) electrons. The number of benzene rings is 4. The summed E-state index contributed by atoms with van der Waals surface area (Å²) in [6, 6.07) is 5.56. The molecule has 4 aromatic carbocycles. The van der Waals surface area contributed by atoms with Gasteiger partial charge in [0.15, 0.2) is 23.3 Å². The zero-order valence-corrected chi connectivity index (χ0v) is 84.3. The molecule has 140 heavy (non-hydrogen) atoms. The fourth-order valence-corrected chi connectivity index (χ4v) is 19.8. The number of nitrogen functional groups attached to an aromatic ring is 4. The van der Waals surface area contributed by atoms with Crippen molar-refractivity contribution in [2.75, 3.05) is 68.9 Å². The average Bonchev–Trinajstić information content (AvgIpc) is 1.50. The van der Waals surface area contributed by atoms with Gasteiger partial charge in [-0.05, 0) is 171 Å². The van der Waals surface area contributed by atoms with Gasteiger partial charge in [0.2, 0.25) is 0 Å². The van der Waals surface area contributed by atoms with Gasteiger partial charge in [-0.3, -0.25) is 36.8 Å². The van der Waals surface area contributed by atoms with Crippen molar-refractivity contribution in [2.24, 2.45) is 5.92 Å². The van der Waals surface area contributed by atoms with Crippen LogP contribution in [-0.4, -0.2) is 192 Å². The monoisotopic (exact) mass is 2010 g/mol. The van der Waals surface area contributed by atoms with E-state index in [0.29, 0.717) is 160 Å². The van der Waals surface area contributed by atoms with E-state index in [0.717, 1.165) is 63.5 Å². The maximum absolute atomic E-state index is 15.5. The van der Waals surface area contributed by atoms with Crippen molar-refractivity contribution in [1.29, 1.82) is 0 Å². The van der Waals surface area contributed by atoms with Crippen LogP contribution < -0.4 is 57.8 Å². The molecule has 9 unspecified atom stereocenters. The Kier molecular flexibility index (Phi) is 33.2. The number of aryl methyl sites for hydroxylation is 4. The third-order valence-corrected chi connectivity index (χ3v) is 26.8. The van der Waals surface area contributed by atoms with Gasteiger partial charge in [-0.15, -0.1) is 0 Å². The van der Waals surface area contributed by atoms with Gasteiger partial charge in [0.25, 0.3) is 23.6 Å². The number of hydrogen-bond donors (Lipinski definition) is 8. The minimum Gasteiger partial charge on any atom is -0.490 e. The number of carbonyl (C=O) groups is 4. The first-order valence-electron chi connectivity index (χ1n) is 47.4. The Hall–Kier alpha value is -11.6. The topological polar surface area (TPSA) is 417 Å². The molecule has 12 aromatic rings. The maximum Gasteiger partial charge on any atom is 0.260 e. The van der Waals surface area contributed by atoms with Crippen LogP contribution in [-0.2, 0) is 14.2 Å². The Morgan fingerprint density at radius 1 is 0.436 bits per heavy atom. The maximum atomic E-state index is 15.5. The smallest absolute Gasteiger partial charge is 0.260 e. The molecule has 32 nitrogen and oxygen atoms in total. The van der Waals surface area contributed by atoms with E-state index in [-0.39, 0.29) is 121 Å². The van der Waals surface area contributed by atoms with E-state index in [1.807, 2.05) is 115 Å². The number of aromatic nitrogens is 12. The zero-order valence-electron chi connectivity index (χ0n) is 81.3. The Bertz CT molecular complexity index is 6400. The summed E-state index contributed by atoms with van der Waals surface area (Å²) >= 11 is 25.3. The van der Waals surface area contributed by atoms with Crippen LogP contribution in [0.3, 0.4) is 0 Å². The van der Waals surface area contributed by atoms with Gasteiger partial charge in [-0.2, -0.15) is 0 Å². The first-order valence-corrected chi connectivity index (χ1v) is 48.9. The largest absolute Gasteiger partial charge is 0.490 e. The highest BCUT2D eigenvalue weighted by Crippen LogP contribution is 2.47. The summed E-state index contributed by atoms with van der Waals surface area (Å²) in [5.41, 5.74) is 31.3. The number of hydrogen-bond acceptors (Lipinski definition) is 24. The summed E-state index contributed by atoms with van der Waals surface area (Å²) in [6.45, 7) is 33.1. The van der Waals surface area contributed by atoms with Crippen LogP contribution in [0.15, 0.2) is 73.8 Å². The molecule has 9 atom stereocenters. The Morgan fingerprint density at radius 3 is 1.09 bits per heavy atom. The van der Waals surface area contributed by atoms with Crippen molar-refractivity contribution in [3.05, 3.63) is 208 Å². The summed E-state index contributed by atoms with van der Waals surface area (Å²) in [4.78, 5) is 90.7. The molecule has 4 aliphatic heterocycles. The number of nitrogens with two attached hydrogens (primary N) is 4. The van der Waals surface area contributed by atoms with Crippen LogP contribution in [0.2, 0.25) is 20.1 Å². The first kappa shape index (κ1) is 104. The number of rotatable bonds is 25. The standard InChI is InChI=1S/C25H29ClFN5O3.3C25H31ClFN5O3/c1-12(2)34-22-17(13(3)24-30-14(4)21-23(28)29-7-8-32(21)24)9-18(26)20(27)19(22)25(33)31-10-15-5-6-16(11-31)35-15;1-13(2)35-22-17(14(3)24-31-15(4)21-23(28)29-7-8-32(21)24)11-18(26)20(27)19(22)25(33)30-12-16-5-9-34-10-6-16;1-13(2)35-22-17(14(3)24-31-15(4)21-23(28)29-8-9-32(21)24)11-18(26)20(27)19(22)25(33)30-12-16-7-5-6-10-34-16;1-12(2)35-22-15(13(3)24-30-14(4)21-23(28)29-9-10-32(21)24)11-16(26)20(27)19(22)25(34)31-17-7-5-6-8-18(17)33/h7-9,12-13,15-16H,5-6,10-11H2,1-4H3,(H2,28,29);7-8,11,13-14,16H,5-6,9-10,12H2,1-4H3,(H2,28,29)(H,30,33);8-9,11,13-14,16H,5-7,10,12H2,1-4H3,(H2,28,29)(H,30,33);9-13,17-18,33H,5-8H2,1-4H3,(H2,28,29)(H,31,34). The van der Waals surface area contributed by atoms with Crippen molar-refractivity contribution in [3.8, 4) is 23.0 Å². The molecule has 40 heteroatoms. The molecule has 2 bridgehead atoms. The van der Waals surface area contributed by atoms with Crippen molar-refractivity contribution in [3.63, 3.8) is 0 Å². The first-order chi connectivity index (χ1) is 66.6. The van der Waals surface area contributed by atoms with Crippen LogP contribution in [0.4, 0.5) is 40.8 Å². The van der Waals surface area contributed by atoms with Crippen LogP contribution in [0, 0.1) is 56.9 Å². The number of likely N-dealkylation sites (tertiary alicyclic amines) is 1. The van der Waals surface area contributed by atoms with Gasteiger partial charge >= 0.3 is 0 Å². The van der Waals surface area contributed by atoms with Crippen molar-refractivity contribution >= 4 is 115 Å². The van der Waals surface area contributed by atoms with Crippen LogP contribution in [0.5, 0.6) is 23.0 Å². The Balaban J connectivity index is 0.000000149. The zero-order chi connectivity index (χ0) is 101. The predicted octanol–water partition coefficient (Wildman–Crippen LogP) is 17.9. The highest BCUT2D eigenvalue weighted by molar-refractivity contribution is 6.32. The van der Waals surface area contributed by atoms with Gasteiger partial charge < -0.3 is 82.0 Å². The Labute approximate surface area is 829 Å². The van der Waals surface area contributed by atoms with Gasteiger partial charge in [-0.25, -0.2) is 57.4 Å². The van der Waals surface area contributed by atoms with Crippen molar-refractivity contribution < 1.29 is 75.0 Å². The van der Waals surface area contributed by atoms with E-state index >= 15 is 17.6 Å². The molecule has 4 amide bonds. The molecule has 5 aliphatic rings. The number of anilines is 4. The minimum absolute atomic E-state index is 0.0221. The fourth-order valence-electron chi connectivity index (χ4n) is 18.9. The summed E-state index contributed by atoms with van der Waals surface area (Å²) in [7, 11) is 0. The SMILES string of the molecule is Cc1nc(C(C)c2cc(Cl)c(F)c(C(=O)N3CC4CCC(C3)O4)c2OC(C)C)n2ccnc(N)c12.Cc1nc(C(C)c2cc(Cl)c(F)c(C(=O)NC3CCCCC3O)c2OC(C)C)n2ccnc(N)c12.Cc1nc(C(C)c2cc(Cl)c(F)c(C(=O)NCC3CCCCO3)c2OC(C)C)n2ccnc(N)c12.Cc1nc(C(C)c2cc(Cl)c(F)c(C(=O)NCC3CCOCC3)c2OC(C)C)n2ccnc(N)c12. The average molecular weight is 2010 g/mol. The number of amides is 4. The van der Waals surface area contributed by atoms with Crippen molar-refractivity contribution in [2.45, 2.75) is 260 Å². The second-order valence-electron chi connectivity index (χ2n) is 37.3. The van der Waals surface area contributed by atoms with E-state index in [1.165, 1.54) is 24.3 Å². The van der Waals surface area contributed by atoms with E-state index < -0.39 is 82.7 Å². The molecule has 0 spiro atoms. The normalized spacial score (nSPS) is 18.1. The molecule has 12 heterocycles. The van der Waals surface area contributed by atoms with E-state index in [2.05, 4.69) is 35.9 Å². The number of aliphatic hydroxyl groups excluding tert-OH is 1. The molecular weight excluding hydrogens is 1890 g/mol. The summed E-state index contributed by atoms with van der Waals surface area (Å²) in [5.74, 6) is -2.27. The third kappa shape index (κ3) is 22.3. The molecule has 8 aromatic heterocycles. The number of fused-ring (bicyclic) bond motifs is 6. The fraction of sp³-hybridized carbons (Fsp3) is 0.480. The van der Waals surface area contributed by atoms with E-state index in [4.69, 9.17) is 122 Å². The molecule has 750 valence electrons. The molecular formula is C100H122Cl4F4N20O12. The Morgan fingerprint density at radius 2 is 0.757 bits per heavy atom. The van der Waals surface area contributed by atoms with Crippen LogP contribution >= 0.6 is 46.4 Å². The summed E-state index contributed by atoms with van der Waals surface area (Å²) in [5, 5.41) is 18.2. The molecule has 1 aliphatic carbocycles. The van der Waals surface area contributed by atoms with Crippen molar-refractivity contribution in [1.82, 2.24) is 78.3 Å². The van der Waals surface area contributed by atoms with Gasteiger partial charge in [0, 0.05) is 141 Å². The van der Waals surface area contributed by atoms with Crippen LogP contribution in [0.1, 0.15) is 287 Å². The van der Waals surface area contributed by atoms with Crippen LogP contribution in [0.25, 0.3) is 22.1 Å². The minimum atomic E-state index is -0.862. The molecule has 5 fully saturated rings. The number of ether oxygens (including phenoxy) is 7. The molecule has 1 saturated carbocycles. The summed E-state index contributed by atoms with van der Waals surface area (Å²) in [6.07, 6.45) is 20.7. The molecule has 17 rings (SSSR count). The quantitative estimate of drug-likeness (QED) is 0.0246. The van der Waals surface area contributed by atoms with E-state index in [1.54, 1.807) is 68.3 Å². The predicted molar refractivity (Wildman–Crippen MR) is 529 cm³/mol. The number of nitrogens with zero attached hydrogens (tertiary/aromatic N) is 13.